The minimum Gasteiger partial charge on any atom is -0.507 e. The van der Waals surface area contributed by atoms with Crippen LogP contribution < -0.4 is 0 Å². The highest BCUT2D eigenvalue weighted by Crippen LogP contribution is 2.43. The maximum atomic E-state index is 9.96. The molecule has 2 rings (SSSR count). The normalized spacial score (nSPS) is 10.5. The van der Waals surface area contributed by atoms with Crippen molar-refractivity contribution < 1.29 is 15.3 Å². The van der Waals surface area contributed by atoms with Gasteiger partial charge in [-0.25, -0.2) is 0 Å². The van der Waals surface area contributed by atoms with Gasteiger partial charge in [-0.1, -0.05) is 29.8 Å². The number of aryl methyl sites for hydroxylation is 1. The molecule has 0 bridgehead atoms. The van der Waals surface area contributed by atoms with E-state index in [1.807, 2.05) is 31.2 Å². The molecule has 0 atom stereocenters. The molecule has 0 spiro atoms. The van der Waals surface area contributed by atoms with Gasteiger partial charge >= 0.3 is 0 Å². The smallest absolute Gasteiger partial charge is 0.133 e. The van der Waals surface area contributed by atoms with E-state index in [0.717, 1.165) is 5.56 Å². The molecule has 0 saturated heterocycles. The lowest BCUT2D eigenvalue weighted by atomic mass is 9.99. The molecule has 3 heteroatoms. The lowest BCUT2D eigenvalue weighted by Crippen LogP contribution is -1.85. The van der Waals surface area contributed by atoms with Gasteiger partial charge < -0.3 is 15.3 Å². The van der Waals surface area contributed by atoms with Crippen molar-refractivity contribution in [2.75, 3.05) is 0 Å². The molecule has 0 aliphatic rings. The second kappa shape index (κ2) is 4.01. The minimum atomic E-state index is -0.130. The molecule has 0 amide bonds. The van der Waals surface area contributed by atoms with Crippen molar-refractivity contribution in [3.63, 3.8) is 0 Å². The molecular formula is C14H14O3. The van der Waals surface area contributed by atoms with Crippen LogP contribution in [0.5, 0.6) is 17.2 Å². The highest BCUT2D eigenvalue weighted by Gasteiger charge is 2.15. The van der Waals surface area contributed by atoms with Gasteiger partial charge in [0, 0.05) is 11.6 Å². The van der Waals surface area contributed by atoms with E-state index in [1.54, 1.807) is 6.92 Å². The Morgan fingerprint density at radius 2 is 1.41 bits per heavy atom. The van der Waals surface area contributed by atoms with Crippen LogP contribution in [0.2, 0.25) is 0 Å². The van der Waals surface area contributed by atoms with Crippen molar-refractivity contribution >= 4 is 0 Å². The van der Waals surface area contributed by atoms with Gasteiger partial charge in [-0.05, 0) is 19.4 Å². The summed E-state index contributed by atoms with van der Waals surface area (Å²) in [6.45, 7) is 3.56. The minimum absolute atomic E-state index is 0.0913. The van der Waals surface area contributed by atoms with Crippen molar-refractivity contribution in [1.29, 1.82) is 0 Å². The number of hydrogen-bond acceptors (Lipinski definition) is 3. The molecule has 2 aromatic carbocycles. The summed E-state index contributed by atoms with van der Waals surface area (Å²) in [5.41, 5.74) is 2.52. The van der Waals surface area contributed by atoms with Crippen molar-refractivity contribution in [3.05, 3.63) is 41.5 Å². The first-order chi connectivity index (χ1) is 8.00. The van der Waals surface area contributed by atoms with Crippen LogP contribution in [-0.4, -0.2) is 15.3 Å². The second-order valence-corrected chi connectivity index (χ2v) is 4.13. The molecule has 88 valence electrons. The van der Waals surface area contributed by atoms with E-state index in [0.29, 0.717) is 16.7 Å². The van der Waals surface area contributed by atoms with E-state index >= 15 is 0 Å². The first-order valence-corrected chi connectivity index (χ1v) is 5.32. The largest absolute Gasteiger partial charge is 0.507 e. The van der Waals surface area contributed by atoms with Gasteiger partial charge in [0.2, 0.25) is 0 Å². The molecule has 0 heterocycles. The van der Waals surface area contributed by atoms with Crippen molar-refractivity contribution in [1.82, 2.24) is 0 Å². The monoisotopic (exact) mass is 230 g/mol. The second-order valence-electron chi connectivity index (χ2n) is 4.13. The van der Waals surface area contributed by atoms with Crippen molar-refractivity contribution in [2.45, 2.75) is 13.8 Å². The first kappa shape index (κ1) is 11.3. The molecule has 0 fully saturated rings. The first-order valence-electron chi connectivity index (χ1n) is 5.32. The summed E-state index contributed by atoms with van der Waals surface area (Å²) in [6.07, 6.45) is 0. The molecule has 17 heavy (non-hydrogen) atoms. The van der Waals surface area contributed by atoms with Gasteiger partial charge in [-0.2, -0.15) is 0 Å². The zero-order chi connectivity index (χ0) is 12.6. The Balaban J connectivity index is 2.67. The molecule has 0 radical (unpaired) electrons. The summed E-state index contributed by atoms with van der Waals surface area (Å²) in [7, 11) is 0. The molecule has 3 N–H and O–H groups in total. The van der Waals surface area contributed by atoms with Crippen LogP contribution in [0.15, 0.2) is 30.3 Å². The Hall–Kier alpha value is -2.16. The van der Waals surface area contributed by atoms with E-state index in [4.69, 9.17) is 0 Å². The quantitative estimate of drug-likeness (QED) is 0.705. The highest BCUT2D eigenvalue weighted by molar-refractivity contribution is 5.79. The fraction of sp³-hybridized carbons (Fsp3) is 0.143. The predicted molar refractivity (Wildman–Crippen MR) is 66.3 cm³/mol. The van der Waals surface area contributed by atoms with Crippen LogP contribution in [0.3, 0.4) is 0 Å². The predicted octanol–water partition coefficient (Wildman–Crippen LogP) is 3.09. The van der Waals surface area contributed by atoms with E-state index in [1.165, 1.54) is 6.07 Å². The molecule has 2 aromatic rings. The Morgan fingerprint density at radius 1 is 0.824 bits per heavy atom. The Bertz CT molecular complexity index is 557. The topological polar surface area (TPSA) is 60.7 Å². The van der Waals surface area contributed by atoms with Gasteiger partial charge in [0.15, 0.2) is 0 Å². The number of phenolic OH excluding ortho intramolecular Hbond substituents is 3. The van der Waals surface area contributed by atoms with Crippen LogP contribution >= 0.6 is 0 Å². The van der Waals surface area contributed by atoms with Gasteiger partial charge in [0.05, 0.1) is 5.56 Å². The number of rotatable bonds is 1. The average Bonchev–Trinajstić information content (AvgIpc) is 2.29. The summed E-state index contributed by atoms with van der Waals surface area (Å²) in [5.74, 6) is -0.336. The van der Waals surface area contributed by atoms with Gasteiger partial charge in [-0.15, -0.1) is 0 Å². The maximum Gasteiger partial charge on any atom is 0.133 e. The molecule has 0 aromatic heterocycles. The molecular weight excluding hydrogens is 216 g/mol. The van der Waals surface area contributed by atoms with Crippen LogP contribution in [-0.2, 0) is 0 Å². The number of hydrogen-bond donors (Lipinski definition) is 3. The lowest BCUT2D eigenvalue weighted by molar-refractivity contribution is 0.425. The standard InChI is InChI=1S/C14H14O3/c1-8-3-5-10(6-4-8)13-12(16)7-11(15)9(2)14(13)17/h3-7,15-17H,1-2H3. The number of benzene rings is 2. The fourth-order valence-corrected chi connectivity index (χ4v) is 1.74. The molecule has 0 saturated carbocycles. The molecule has 3 nitrogen and oxygen atoms in total. The Morgan fingerprint density at radius 3 is 2.00 bits per heavy atom. The maximum absolute atomic E-state index is 9.96. The van der Waals surface area contributed by atoms with Crippen LogP contribution in [0, 0.1) is 13.8 Å². The molecule has 0 aliphatic carbocycles. The third-order valence-electron chi connectivity index (χ3n) is 2.85. The fourth-order valence-electron chi connectivity index (χ4n) is 1.74. The Labute approximate surface area is 99.6 Å². The van der Waals surface area contributed by atoms with Crippen LogP contribution in [0.1, 0.15) is 11.1 Å². The van der Waals surface area contributed by atoms with Crippen molar-refractivity contribution in [3.8, 4) is 28.4 Å². The van der Waals surface area contributed by atoms with E-state index in [9.17, 15) is 15.3 Å². The van der Waals surface area contributed by atoms with Crippen LogP contribution in [0.4, 0.5) is 0 Å². The zero-order valence-electron chi connectivity index (χ0n) is 9.73. The SMILES string of the molecule is Cc1ccc(-c2c(O)cc(O)c(C)c2O)cc1. The lowest BCUT2D eigenvalue weighted by Gasteiger charge is -2.11. The number of aromatic hydroxyl groups is 3. The zero-order valence-corrected chi connectivity index (χ0v) is 9.73. The van der Waals surface area contributed by atoms with Gasteiger partial charge in [0.25, 0.3) is 0 Å². The van der Waals surface area contributed by atoms with Gasteiger partial charge in [0.1, 0.15) is 17.2 Å². The van der Waals surface area contributed by atoms with Gasteiger partial charge in [-0.3, -0.25) is 0 Å². The third kappa shape index (κ3) is 1.91. The summed E-state index contributed by atoms with van der Waals surface area (Å²) in [6, 6.07) is 8.68. The summed E-state index contributed by atoms with van der Waals surface area (Å²) < 4.78 is 0. The summed E-state index contributed by atoms with van der Waals surface area (Å²) >= 11 is 0. The summed E-state index contributed by atoms with van der Waals surface area (Å²) in [5, 5.41) is 29.2. The molecule has 0 aliphatic heterocycles. The van der Waals surface area contributed by atoms with E-state index in [2.05, 4.69) is 0 Å². The third-order valence-corrected chi connectivity index (χ3v) is 2.85. The molecule has 0 unspecified atom stereocenters. The summed E-state index contributed by atoms with van der Waals surface area (Å²) in [4.78, 5) is 0. The number of phenols is 3. The van der Waals surface area contributed by atoms with Crippen LogP contribution in [0.25, 0.3) is 11.1 Å². The van der Waals surface area contributed by atoms with E-state index in [-0.39, 0.29) is 17.2 Å². The highest BCUT2D eigenvalue weighted by atomic mass is 16.3. The van der Waals surface area contributed by atoms with E-state index < -0.39 is 0 Å². The average molecular weight is 230 g/mol. The Kier molecular flexibility index (Phi) is 2.68. The van der Waals surface area contributed by atoms with Crippen molar-refractivity contribution in [2.24, 2.45) is 0 Å².